The Labute approximate surface area is 167 Å². The highest BCUT2D eigenvalue weighted by Crippen LogP contribution is 2.17. The summed E-state index contributed by atoms with van der Waals surface area (Å²) in [5.41, 5.74) is 7.87. The maximum absolute atomic E-state index is 11.4. The highest BCUT2D eigenvalue weighted by atomic mass is 16.4. The van der Waals surface area contributed by atoms with E-state index in [1.165, 1.54) is 26.1 Å². The van der Waals surface area contributed by atoms with Crippen molar-refractivity contribution in [1.82, 2.24) is 5.43 Å². The van der Waals surface area contributed by atoms with Gasteiger partial charge in [0.15, 0.2) is 0 Å². The number of aliphatic imine (C=N–C) groups is 1. The van der Waals surface area contributed by atoms with Crippen LogP contribution in [-0.2, 0) is 14.4 Å². The minimum atomic E-state index is -1.19. The van der Waals surface area contributed by atoms with Crippen LogP contribution in [0, 0.1) is 0 Å². The lowest BCUT2D eigenvalue weighted by Crippen LogP contribution is -2.16. The topological polar surface area (TPSA) is 132 Å². The first kappa shape index (κ1) is 21.2. The van der Waals surface area contributed by atoms with Crippen molar-refractivity contribution in [1.29, 1.82) is 0 Å². The Morgan fingerprint density at radius 1 is 0.828 bits per heavy atom. The van der Waals surface area contributed by atoms with Crippen molar-refractivity contribution >= 4 is 46.2 Å². The molecule has 150 valence electrons. The molecule has 2 aromatic rings. The third kappa shape index (κ3) is 7.55. The smallest absolute Gasteiger partial charge is 0.354 e. The third-order valence-corrected chi connectivity index (χ3v) is 3.40. The molecular formula is C20H21N5O4. The maximum atomic E-state index is 11.4. The zero-order valence-corrected chi connectivity index (χ0v) is 15.9. The summed E-state index contributed by atoms with van der Waals surface area (Å²) in [4.78, 5) is 37.5. The number of carbonyl (C=O) groups excluding carboxylic acids is 2. The molecule has 0 aliphatic carbocycles. The number of nitrogens with zero attached hydrogens (tertiary/aromatic N) is 1. The van der Waals surface area contributed by atoms with Crippen LogP contribution in [-0.4, -0.2) is 28.6 Å². The Morgan fingerprint density at radius 2 is 1.31 bits per heavy atom. The van der Waals surface area contributed by atoms with Crippen LogP contribution >= 0.6 is 0 Å². The first-order valence-electron chi connectivity index (χ1n) is 8.59. The van der Waals surface area contributed by atoms with Gasteiger partial charge in [-0.2, -0.15) is 0 Å². The van der Waals surface area contributed by atoms with E-state index in [0.717, 1.165) is 0 Å². The van der Waals surface area contributed by atoms with Crippen molar-refractivity contribution in [2.24, 2.45) is 4.99 Å². The molecule has 2 rings (SSSR count). The van der Waals surface area contributed by atoms with E-state index in [1.807, 2.05) is 0 Å². The predicted octanol–water partition coefficient (Wildman–Crippen LogP) is 2.89. The molecule has 5 N–H and O–H groups in total. The van der Waals surface area contributed by atoms with Crippen LogP contribution < -0.4 is 21.5 Å². The number of rotatable bonds is 8. The van der Waals surface area contributed by atoms with Gasteiger partial charge in [-0.25, -0.2) is 9.79 Å². The highest BCUT2D eigenvalue weighted by Gasteiger charge is 2.05. The van der Waals surface area contributed by atoms with Crippen LogP contribution in [0.1, 0.15) is 13.8 Å². The Hall–Kier alpha value is -4.14. The van der Waals surface area contributed by atoms with E-state index >= 15 is 0 Å². The predicted molar refractivity (Wildman–Crippen MR) is 112 cm³/mol. The van der Waals surface area contributed by atoms with E-state index < -0.39 is 5.97 Å². The van der Waals surface area contributed by atoms with Crippen molar-refractivity contribution < 1.29 is 19.5 Å². The zero-order chi connectivity index (χ0) is 21.2. The number of benzene rings is 2. The number of carboxylic acid groups (broad SMARTS) is 1. The number of aliphatic carboxylic acids is 1. The largest absolute Gasteiger partial charge is 0.477 e. The third-order valence-electron chi connectivity index (χ3n) is 3.40. The van der Waals surface area contributed by atoms with Gasteiger partial charge >= 0.3 is 5.97 Å². The quantitative estimate of drug-likeness (QED) is 0.345. The summed E-state index contributed by atoms with van der Waals surface area (Å²) in [6, 6.07) is 13.4. The number of hydrogen-bond donors (Lipinski definition) is 5. The summed E-state index contributed by atoms with van der Waals surface area (Å²) in [7, 11) is 0. The second-order valence-corrected chi connectivity index (χ2v) is 5.89. The minimum Gasteiger partial charge on any atom is -0.477 e. The number of hydrazine groups is 1. The van der Waals surface area contributed by atoms with E-state index in [4.69, 9.17) is 0 Å². The van der Waals surface area contributed by atoms with Gasteiger partial charge in [-0.05, 0) is 54.6 Å². The number of hydrogen-bond acceptors (Lipinski definition) is 6. The molecule has 0 unspecified atom stereocenters. The standard InChI is InChI=1S/C20H21N5O4/c1-13(26)22-15-3-5-17(6-4-15)24-19(20(28)29)11-12-21-25-18-9-7-16(8-10-18)23-14(2)27/h3-12,21,25H,1-2H3,(H,22,26)(H,23,27)(H,28,29). The molecule has 9 heteroatoms. The summed E-state index contributed by atoms with van der Waals surface area (Å²) in [5.74, 6) is -1.54. The van der Waals surface area contributed by atoms with E-state index in [-0.39, 0.29) is 17.5 Å². The fraction of sp³-hybridized carbons (Fsp3) is 0.100. The molecule has 29 heavy (non-hydrogen) atoms. The van der Waals surface area contributed by atoms with Gasteiger partial charge in [0.05, 0.1) is 11.4 Å². The molecular weight excluding hydrogens is 374 g/mol. The summed E-state index contributed by atoms with van der Waals surface area (Å²) in [6.45, 7) is 2.83. The van der Waals surface area contributed by atoms with Gasteiger partial charge in [-0.3, -0.25) is 9.59 Å². The van der Waals surface area contributed by atoms with Crippen molar-refractivity contribution in [3.05, 3.63) is 60.8 Å². The Kier molecular flexibility index (Phi) is 7.49. The normalized spacial score (nSPS) is 11.0. The first-order valence-corrected chi connectivity index (χ1v) is 8.59. The van der Waals surface area contributed by atoms with Gasteiger partial charge in [0.1, 0.15) is 5.71 Å². The fourth-order valence-electron chi connectivity index (χ4n) is 2.20. The van der Waals surface area contributed by atoms with Crippen molar-refractivity contribution in [2.45, 2.75) is 13.8 Å². The van der Waals surface area contributed by atoms with Gasteiger partial charge in [0.2, 0.25) is 11.8 Å². The lowest BCUT2D eigenvalue weighted by atomic mass is 10.2. The van der Waals surface area contributed by atoms with Crippen LogP contribution in [0.3, 0.4) is 0 Å². The molecule has 0 aliphatic rings. The Bertz CT molecular complexity index is 934. The number of nitrogens with one attached hydrogen (secondary N) is 4. The number of carbonyl (C=O) groups is 3. The molecule has 0 bridgehead atoms. The first-order chi connectivity index (χ1) is 13.8. The van der Waals surface area contributed by atoms with Crippen LogP contribution in [0.5, 0.6) is 0 Å². The molecule has 0 fully saturated rings. The van der Waals surface area contributed by atoms with Crippen molar-refractivity contribution in [3.8, 4) is 0 Å². The molecule has 2 amide bonds. The second-order valence-electron chi connectivity index (χ2n) is 5.89. The fourth-order valence-corrected chi connectivity index (χ4v) is 2.20. The highest BCUT2D eigenvalue weighted by molar-refractivity contribution is 6.40. The molecule has 0 radical (unpaired) electrons. The summed E-state index contributed by atoms with van der Waals surface area (Å²) in [6.07, 6.45) is 2.71. The number of anilines is 3. The molecule has 0 aliphatic heterocycles. The van der Waals surface area contributed by atoms with E-state index in [1.54, 1.807) is 48.5 Å². The van der Waals surface area contributed by atoms with Crippen LogP contribution in [0.25, 0.3) is 0 Å². The molecule has 0 atom stereocenters. The van der Waals surface area contributed by atoms with Crippen molar-refractivity contribution in [3.63, 3.8) is 0 Å². The number of carboxylic acids is 1. The average molecular weight is 395 g/mol. The Balaban J connectivity index is 1.96. The molecule has 0 saturated heterocycles. The van der Waals surface area contributed by atoms with Gasteiger partial charge in [0, 0.05) is 31.4 Å². The average Bonchev–Trinajstić information content (AvgIpc) is 2.66. The number of amides is 2. The molecule has 0 saturated carbocycles. The zero-order valence-electron chi connectivity index (χ0n) is 15.9. The lowest BCUT2D eigenvalue weighted by molar-refractivity contribution is -0.129. The van der Waals surface area contributed by atoms with Crippen LogP contribution in [0.4, 0.5) is 22.7 Å². The molecule has 0 spiro atoms. The Morgan fingerprint density at radius 3 is 1.79 bits per heavy atom. The summed E-state index contributed by atoms with van der Waals surface area (Å²) >= 11 is 0. The molecule has 0 aromatic heterocycles. The van der Waals surface area contributed by atoms with E-state index in [2.05, 4.69) is 26.5 Å². The monoisotopic (exact) mass is 395 g/mol. The molecule has 0 heterocycles. The van der Waals surface area contributed by atoms with Gasteiger partial charge < -0.3 is 26.6 Å². The maximum Gasteiger partial charge on any atom is 0.354 e. The molecule has 2 aromatic carbocycles. The van der Waals surface area contributed by atoms with Gasteiger partial charge in [-0.1, -0.05) is 0 Å². The summed E-state index contributed by atoms with van der Waals surface area (Å²) in [5, 5.41) is 14.6. The van der Waals surface area contributed by atoms with Crippen LogP contribution in [0.15, 0.2) is 65.8 Å². The molecule has 9 nitrogen and oxygen atoms in total. The lowest BCUT2D eigenvalue weighted by Gasteiger charge is -2.07. The van der Waals surface area contributed by atoms with E-state index in [0.29, 0.717) is 22.7 Å². The van der Waals surface area contributed by atoms with Gasteiger partial charge in [0.25, 0.3) is 0 Å². The summed E-state index contributed by atoms with van der Waals surface area (Å²) < 4.78 is 0. The second kappa shape index (κ2) is 10.3. The minimum absolute atomic E-state index is 0.156. The SMILES string of the molecule is CC(=O)Nc1ccc(N=C(C=CNNc2ccc(NC(C)=O)cc2)C(=O)O)cc1. The van der Waals surface area contributed by atoms with E-state index in [9.17, 15) is 19.5 Å². The van der Waals surface area contributed by atoms with Crippen LogP contribution in [0.2, 0.25) is 0 Å². The van der Waals surface area contributed by atoms with Crippen molar-refractivity contribution in [2.75, 3.05) is 16.1 Å². The van der Waals surface area contributed by atoms with Gasteiger partial charge in [-0.15, -0.1) is 0 Å².